The molecule has 6 nitrogen and oxygen atoms in total. The second-order valence-corrected chi connectivity index (χ2v) is 8.54. The quantitative estimate of drug-likeness (QED) is 0.632. The molecule has 0 aliphatic carbocycles. The minimum Gasteiger partial charge on any atom is -0.379 e. The molecule has 1 saturated heterocycles. The molecule has 32 heavy (non-hydrogen) atoms. The molecule has 1 heterocycles. The third kappa shape index (κ3) is 6.28. The standard InChI is InChI=1S/C24H29ClFN3O3/c1-16(2)22(28-23(30)19-5-3-4-6-20(19)25)24(31)27-15-21(29-11-13-32-14-12-29)17-7-9-18(26)10-8-17/h3-10,16,21-22H,11-15H2,1-2H3,(H,27,31)(H,28,30)/t21?,22-/m0/s1. The van der Waals surface area contributed by atoms with Crippen molar-refractivity contribution in [1.29, 1.82) is 0 Å². The highest BCUT2D eigenvalue weighted by molar-refractivity contribution is 6.33. The van der Waals surface area contributed by atoms with Crippen LogP contribution in [0.15, 0.2) is 48.5 Å². The third-order valence-corrected chi connectivity index (χ3v) is 5.89. The van der Waals surface area contributed by atoms with Crippen LogP contribution >= 0.6 is 11.6 Å². The van der Waals surface area contributed by atoms with E-state index in [1.165, 1.54) is 12.1 Å². The first kappa shape index (κ1) is 24.2. The predicted molar refractivity (Wildman–Crippen MR) is 122 cm³/mol. The highest BCUT2D eigenvalue weighted by Crippen LogP contribution is 2.22. The van der Waals surface area contributed by atoms with E-state index >= 15 is 0 Å². The summed E-state index contributed by atoms with van der Waals surface area (Å²) in [5.74, 6) is -1.11. The average Bonchev–Trinajstić information content (AvgIpc) is 2.79. The third-order valence-electron chi connectivity index (χ3n) is 5.57. The van der Waals surface area contributed by atoms with Gasteiger partial charge in [-0.25, -0.2) is 4.39 Å². The number of ether oxygens (including phenoxy) is 1. The lowest BCUT2D eigenvalue weighted by atomic mass is 10.0. The zero-order valence-corrected chi connectivity index (χ0v) is 19.1. The molecule has 1 fully saturated rings. The maximum atomic E-state index is 13.4. The summed E-state index contributed by atoms with van der Waals surface area (Å²) in [5.41, 5.74) is 1.24. The van der Waals surface area contributed by atoms with Crippen molar-refractivity contribution >= 4 is 23.4 Å². The van der Waals surface area contributed by atoms with Crippen LogP contribution in [0.25, 0.3) is 0 Å². The Balaban J connectivity index is 1.70. The van der Waals surface area contributed by atoms with Crippen molar-refractivity contribution in [1.82, 2.24) is 15.5 Å². The predicted octanol–water partition coefficient (Wildman–Crippen LogP) is 3.42. The van der Waals surface area contributed by atoms with Gasteiger partial charge < -0.3 is 15.4 Å². The number of rotatable bonds is 8. The summed E-state index contributed by atoms with van der Waals surface area (Å²) in [6, 6.07) is 12.2. The lowest BCUT2D eigenvalue weighted by molar-refractivity contribution is -0.124. The van der Waals surface area contributed by atoms with Gasteiger partial charge in [-0.2, -0.15) is 0 Å². The number of carbonyl (C=O) groups excluding carboxylic acids is 2. The Morgan fingerprint density at radius 2 is 1.75 bits per heavy atom. The van der Waals surface area contributed by atoms with Crippen LogP contribution in [-0.2, 0) is 9.53 Å². The highest BCUT2D eigenvalue weighted by atomic mass is 35.5. The van der Waals surface area contributed by atoms with Gasteiger partial charge in [0, 0.05) is 19.6 Å². The smallest absolute Gasteiger partial charge is 0.253 e. The molecule has 2 N–H and O–H groups in total. The number of halogens is 2. The van der Waals surface area contributed by atoms with Gasteiger partial charge >= 0.3 is 0 Å². The Kier molecular flexibility index (Phi) is 8.61. The van der Waals surface area contributed by atoms with Crippen LogP contribution in [-0.4, -0.2) is 55.6 Å². The molecule has 0 radical (unpaired) electrons. The van der Waals surface area contributed by atoms with E-state index in [2.05, 4.69) is 15.5 Å². The zero-order chi connectivity index (χ0) is 23.1. The van der Waals surface area contributed by atoms with Crippen molar-refractivity contribution in [2.24, 2.45) is 5.92 Å². The Hall–Kier alpha value is -2.48. The Morgan fingerprint density at radius 3 is 2.38 bits per heavy atom. The van der Waals surface area contributed by atoms with Gasteiger partial charge in [0.25, 0.3) is 5.91 Å². The van der Waals surface area contributed by atoms with Crippen molar-refractivity contribution < 1.29 is 18.7 Å². The number of morpholine rings is 1. The first-order valence-electron chi connectivity index (χ1n) is 10.8. The molecule has 1 aliphatic rings. The fraction of sp³-hybridized carbons (Fsp3) is 0.417. The van der Waals surface area contributed by atoms with E-state index in [-0.39, 0.29) is 23.7 Å². The number of nitrogens with one attached hydrogen (secondary N) is 2. The highest BCUT2D eigenvalue weighted by Gasteiger charge is 2.28. The summed E-state index contributed by atoms with van der Waals surface area (Å²) in [6.07, 6.45) is 0. The Bertz CT molecular complexity index is 917. The summed E-state index contributed by atoms with van der Waals surface area (Å²) < 4.78 is 18.9. The monoisotopic (exact) mass is 461 g/mol. The van der Waals surface area contributed by atoms with E-state index in [4.69, 9.17) is 16.3 Å². The van der Waals surface area contributed by atoms with Crippen LogP contribution in [0.2, 0.25) is 5.02 Å². The van der Waals surface area contributed by atoms with E-state index in [9.17, 15) is 14.0 Å². The lowest BCUT2D eigenvalue weighted by Gasteiger charge is -2.35. The zero-order valence-electron chi connectivity index (χ0n) is 18.3. The number of carbonyl (C=O) groups is 2. The van der Waals surface area contributed by atoms with Crippen LogP contribution in [0.3, 0.4) is 0 Å². The van der Waals surface area contributed by atoms with Gasteiger partial charge in [0.2, 0.25) is 5.91 Å². The first-order valence-corrected chi connectivity index (χ1v) is 11.1. The molecule has 172 valence electrons. The van der Waals surface area contributed by atoms with Crippen LogP contribution in [0.4, 0.5) is 4.39 Å². The van der Waals surface area contributed by atoms with Crippen molar-refractivity contribution in [2.75, 3.05) is 32.8 Å². The van der Waals surface area contributed by atoms with Gasteiger partial charge in [0.05, 0.1) is 29.8 Å². The van der Waals surface area contributed by atoms with Crippen molar-refractivity contribution in [3.8, 4) is 0 Å². The largest absolute Gasteiger partial charge is 0.379 e. The molecule has 3 rings (SSSR count). The summed E-state index contributed by atoms with van der Waals surface area (Å²) in [5, 5.41) is 6.12. The van der Waals surface area contributed by atoms with Gasteiger partial charge in [-0.15, -0.1) is 0 Å². The molecule has 1 unspecified atom stereocenters. The minimum atomic E-state index is -0.725. The van der Waals surface area contributed by atoms with Gasteiger partial charge in [-0.3, -0.25) is 14.5 Å². The van der Waals surface area contributed by atoms with Gasteiger partial charge in [-0.1, -0.05) is 49.7 Å². The van der Waals surface area contributed by atoms with Crippen molar-refractivity contribution in [2.45, 2.75) is 25.9 Å². The molecule has 2 amide bonds. The molecule has 2 aromatic carbocycles. The molecule has 1 aliphatic heterocycles. The Labute approximate surface area is 193 Å². The molecule has 0 spiro atoms. The summed E-state index contributed by atoms with van der Waals surface area (Å²) in [6.45, 7) is 6.72. The van der Waals surface area contributed by atoms with Gasteiger partial charge in [0.15, 0.2) is 0 Å². The molecule has 0 bridgehead atoms. The second kappa shape index (κ2) is 11.4. The molecule has 2 atom stereocenters. The van der Waals surface area contributed by atoms with E-state index in [1.54, 1.807) is 36.4 Å². The SMILES string of the molecule is CC(C)[C@H](NC(=O)c1ccccc1Cl)C(=O)NCC(c1ccc(F)cc1)N1CCOCC1. The molecular formula is C24H29ClFN3O3. The molecule has 8 heteroatoms. The molecule has 2 aromatic rings. The lowest BCUT2D eigenvalue weighted by Crippen LogP contribution is -2.52. The maximum Gasteiger partial charge on any atom is 0.253 e. The van der Waals surface area contributed by atoms with E-state index in [0.29, 0.717) is 30.3 Å². The van der Waals surface area contributed by atoms with Crippen LogP contribution in [0.5, 0.6) is 0 Å². The molecule has 0 aromatic heterocycles. The van der Waals surface area contributed by atoms with Crippen molar-refractivity contribution in [3.05, 3.63) is 70.5 Å². The summed E-state index contributed by atoms with van der Waals surface area (Å²) in [7, 11) is 0. The topological polar surface area (TPSA) is 70.7 Å². The van der Waals surface area contributed by atoms with Gasteiger partial charge in [-0.05, 0) is 35.7 Å². The number of hydrogen-bond donors (Lipinski definition) is 2. The first-order chi connectivity index (χ1) is 15.4. The van der Waals surface area contributed by atoms with Crippen molar-refractivity contribution in [3.63, 3.8) is 0 Å². The molecular weight excluding hydrogens is 433 g/mol. The number of amides is 2. The van der Waals surface area contributed by atoms with E-state index < -0.39 is 11.9 Å². The molecule has 0 saturated carbocycles. The number of hydrogen-bond acceptors (Lipinski definition) is 4. The fourth-order valence-corrected chi connectivity index (χ4v) is 3.96. The van der Waals surface area contributed by atoms with E-state index in [1.807, 2.05) is 13.8 Å². The van der Waals surface area contributed by atoms with E-state index in [0.717, 1.165) is 18.7 Å². The minimum absolute atomic E-state index is 0.129. The number of nitrogens with zero attached hydrogens (tertiary/aromatic N) is 1. The summed E-state index contributed by atoms with van der Waals surface area (Å²) >= 11 is 6.13. The second-order valence-electron chi connectivity index (χ2n) is 8.14. The van der Waals surface area contributed by atoms with Crippen LogP contribution in [0, 0.1) is 11.7 Å². The van der Waals surface area contributed by atoms with Crippen LogP contribution < -0.4 is 10.6 Å². The number of benzene rings is 2. The average molecular weight is 462 g/mol. The summed E-state index contributed by atoms with van der Waals surface area (Å²) in [4.78, 5) is 27.9. The Morgan fingerprint density at radius 1 is 1.09 bits per heavy atom. The van der Waals surface area contributed by atoms with Gasteiger partial charge in [0.1, 0.15) is 11.9 Å². The maximum absolute atomic E-state index is 13.4. The van der Waals surface area contributed by atoms with Crippen LogP contribution in [0.1, 0.15) is 35.8 Å². The fourth-order valence-electron chi connectivity index (χ4n) is 3.74. The normalized spacial score (nSPS) is 16.4.